The van der Waals surface area contributed by atoms with Crippen LogP contribution in [0.3, 0.4) is 0 Å². The Morgan fingerprint density at radius 2 is 1.46 bits per heavy atom. The molecule has 0 bridgehead atoms. The number of hydrogen-bond donors (Lipinski definition) is 4. The molecule has 0 aliphatic heterocycles. The molecule has 0 fully saturated rings. The van der Waals surface area contributed by atoms with E-state index in [1.54, 1.807) is 37.3 Å². The number of sulfonamides is 1. The lowest BCUT2D eigenvalue weighted by atomic mass is 10.1. The number of methoxy groups -OCH3 is 1. The van der Waals surface area contributed by atoms with Crippen molar-refractivity contribution in [1.82, 2.24) is 23.4 Å². The Kier molecular flexibility index (Phi) is 18.4. The van der Waals surface area contributed by atoms with Crippen molar-refractivity contribution in [3.05, 3.63) is 126 Å². The second-order valence-corrected chi connectivity index (χ2v) is 19.3. The minimum absolute atomic E-state index is 0.0181. The van der Waals surface area contributed by atoms with E-state index in [-0.39, 0.29) is 79.3 Å². The molecular formula is C49H56Cl3N7O9S. The molecule has 4 N–H and O–H groups in total. The Morgan fingerprint density at radius 3 is 2.09 bits per heavy atom. The first kappa shape index (κ1) is 52.5. The van der Waals surface area contributed by atoms with E-state index in [1.165, 1.54) is 94.7 Å². The zero-order valence-electron chi connectivity index (χ0n) is 38.8. The minimum Gasteiger partial charge on any atom is -0.495 e. The number of nitrogens with one attached hydrogen (secondary N) is 3. The standard InChI is InChI=1S/C49H56Cl3N7O9S/c1-5-7-8-9-10-11-12-13-14-18-26-53-69(65,66)34-24-25-40(67-4)39(29-34)55-45(61)43(59-47(63)48(68-6-2)57(49(59)64)30-32-20-16-15-17-21-32)44-56-41-35(22-19-23-38(41)54-31(3)60)46(62)58(44)42-36(51)27-33(50)28-37(42)52/h15-17,19-25,27-29,43,53,63H,5-14,18,26,30H2,1-4H3,(H,54,60)(H,55,61). The van der Waals surface area contributed by atoms with Crippen molar-refractivity contribution in [3.8, 4) is 23.2 Å². The molecule has 6 rings (SSSR count). The summed E-state index contributed by atoms with van der Waals surface area (Å²) in [7, 11) is -2.82. The number of carbonyl (C=O) groups excluding carboxylic acids is 2. The number of amides is 2. The van der Waals surface area contributed by atoms with Crippen LogP contribution in [0.5, 0.6) is 17.5 Å². The average Bonchev–Trinajstić information content (AvgIpc) is 3.52. The van der Waals surface area contributed by atoms with E-state index in [0.29, 0.717) is 16.6 Å². The molecule has 0 aliphatic carbocycles. The molecule has 16 nitrogen and oxygen atoms in total. The fourth-order valence-electron chi connectivity index (χ4n) is 8.02. The van der Waals surface area contributed by atoms with E-state index in [1.807, 2.05) is 0 Å². The maximum absolute atomic E-state index is 15.4. The number of aromatic hydroxyl groups is 1. The number of fused-ring (bicyclic) bond motifs is 1. The van der Waals surface area contributed by atoms with Crippen molar-refractivity contribution in [2.45, 2.75) is 102 Å². The zero-order chi connectivity index (χ0) is 49.8. The number of benzene rings is 4. The molecular weight excluding hydrogens is 969 g/mol. The van der Waals surface area contributed by atoms with Gasteiger partial charge in [-0.05, 0) is 61.4 Å². The van der Waals surface area contributed by atoms with Crippen LogP contribution in [0.1, 0.15) is 102 Å². The molecule has 2 heterocycles. The van der Waals surface area contributed by atoms with Gasteiger partial charge in [0.15, 0.2) is 6.04 Å². The fourth-order valence-corrected chi connectivity index (χ4v) is 10.1. The summed E-state index contributed by atoms with van der Waals surface area (Å²) in [5.41, 5.74) is -1.61. The Labute approximate surface area is 415 Å². The van der Waals surface area contributed by atoms with E-state index >= 15 is 9.59 Å². The summed E-state index contributed by atoms with van der Waals surface area (Å²) in [6, 6.07) is 17.6. The monoisotopic (exact) mass is 1020 g/mol. The molecule has 20 heteroatoms. The van der Waals surface area contributed by atoms with Gasteiger partial charge in [-0.2, -0.15) is 0 Å². The van der Waals surface area contributed by atoms with Gasteiger partial charge in [-0.1, -0.05) is 136 Å². The molecule has 0 spiro atoms. The zero-order valence-corrected chi connectivity index (χ0v) is 41.9. The van der Waals surface area contributed by atoms with Gasteiger partial charge in [-0.15, -0.1) is 0 Å². The Morgan fingerprint density at radius 1 is 0.812 bits per heavy atom. The highest BCUT2D eigenvalue weighted by Gasteiger charge is 2.38. The summed E-state index contributed by atoms with van der Waals surface area (Å²) in [6.07, 6.45) is 10.8. The normalized spacial score (nSPS) is 12.0. The molecule has 69 heavy (non-hydrogen) atoms. The van der Waals surface area contributed by atoms with Crippen molar-refractivity contribution >= 4 is 78.9 Å². The number of rotatable bonds is 24. The predicted molar refractivity (Wildman–Crippen MR) is 271 cm³/mol. The van der Waals surface area contributed by atoms with Gasteiger partial charge in [0.25, 0.3) is 23.2 Å². The number of ether oxygens (including phenoxy) is 2. The van der Waals surface area contributed by atoms with E-state index in [4.69, 9.17) is 49.3 Å². The van der Waals surface area contributed by atoms with Crippen molar-refractivity contribution in [2.75, 3.05) is 30.9 Å². The third-order valence-electron chi connectivity index (χ3n) is 11.3. The number of carbonyl (C=O) groups is 2. The molecule has 1 unspecified atom stereocenters. The van der Waals surface area contributed by atoms with Crippen molar-refractivity contribution in [3.63, 3.8) is 0 Å². The topological polar surface area (TPSA) is 205 Å². The molecule has 2 amide bonds. The number of anilines is 2. The predicted octanol–water partition coefficient (Wildman–Crippen LogP) is 9.86. The number of imidazole rings is 1. The van der Waals surface area contributed by atoms with E-state index in [0.717, 1.165) is 34.8 Å². The molecule has 0 saturated heterocycles. The highest BCUT2D eigenvalue weighted by atomic mass is 35.5. The third-order valence-corrected chi connectivity index (χ3v) is 13.6. The van der Waals surface area contributed by atoms with Crippen LogP contribution >= 0.6 is 34.8 Å². The Hall–Kier alpha value is -5.85. The van der Waals surface area contributed by atoms with Gasteiger partial charge in [0.05, 0.1) is 57.7 Å². The number of halogens is 3. The van der Waals surface area contributed by atoms with Crippen LogP contribution in [0.2, 0.25) is 15.1 Å². The Bertz CT molecular complexity index is 3010. The second-order valence-electron chi connectivity index (χ2n) is 16.3. The van der Waals surface area contributed by atoms with Gasteiger partial charge in [-0.3, -0.25) is 23.5 Å². The SMILES string of the molecule is CCCCCCCCCCCCNS(=O)(=O)c1ccc(OC)c(NC(=O)C(c2nc3c(NC(C)=O)cccc3c(=O)n2-c2c(Cl)cc(Cl)cc2Cl)n2c(O)c(OCC)n(Cc3ccccc3)c2=O)c1. The molecule has 6 aromatic rings. The van der Waals surface area contributed by atoms with Crippen LogP contribution in [0, 0.1) is 0 Å². The van der Waals surface area contributed by atoms with Gasteiger partial charge >= 0.3 is 5.69 Å². The summed E-state index contributed by atoms with van der Waals surface area (Å²) in [6.45, 7) is 5.10. The highest BCUT2D eigenvalue weighted by Crippen LogP contribution is 2.38. The van der Waals surface area contributed by atoms with Gasteiger partial charge in [0.2, 0.25) is 15.9 Å². The summed E-state index contributed by atoms with van der Waals surface area (Å²) in [5, 5.41) is 17.2. The van der Waals surface area contributed by atoms with Crippen LogP contribution in [0.15, 0.2) is 93.3 Å². The smallest absolute Gasteiger partial charge is 0.335 e. The summed E-state index contributed by atoms with van der Waals surface area (Å²) in [5.74, 6) is -3.31. The summed E-state index contributed by atoms with van der Waals surface area (Å²) >= 11 is 19.9. The highest BCUT2D eigenvalue weighted by molar-refractivity contribution is 7.89. The number of aromatic nitrogens is 4. The van der Waals surface area contributed by atoms with Gasteiger partial charge in [-0.25, -0.2) is 27.5 Å². The van der Waals surface area contributed by atoms with Crippen LogP contribution in [-0.4, -0.2) is 64.3 Å². The summed E-state index contributed by atoms with van der Waals surface area (Å²) in [4.78, 5) is 62.5. The molecule has 0 radical (unpaired) electrons. The molecule has 0 saturated carbocycles. The number of para-hydroxylation sites is 1. The molecule has 0 aliphatic rings. The van der Waals surface area contributed by atoms with Crippen LogP contribution in [0.25, 0.3) is 16.6 Å². The van der Waals surface area contributed by atoms with E-state index < -0.39 is 50.8 Å². The molecule has 368 valence electrons. The maximum atomic E-state index is 15.4. The van der Waals surface area contributed by atoms with E-state index in [2.05, 4.69) is 22.3 Å². The lowest BCUT2D eigenvalue weighted by Crippen LogP contribution is -2.39. The van der Waals surface area contributed by atoms with Crippen molar-refractivity contribution < 1.29 is 32.6 Å². The number of hydrogen-bond acceptors (Lipinski definition) is 10. The van der Waals surface area contributed by atoms with Crippen LogP contribution < -0.4 is 36.1 Å². The summed E-state index contributed by atoms with van der Waals surface area (Å²) < 4.78 is 44.3. The lowest BCUT2D eigenvalue weighted by molar-refractivity contribution is -0.118. The van der Waals surface area contributed by atoms with Gasteiger partial charge < -0.3 is 25.2 Å². The van der Waals surface area contributed by atoms with Crippen LogP contribution in [-0.2, 0) is 26.2 Å². The first-order chi connectivity index (χ1) is 33.1. The minimum atomic E-state index is -4.14. The first-order valence-corrected chi connectivity index (χ1v) is 25.4. The largest absolute Gasteiger partial charge is 0.495 e. The third kappa shape index (κ3) is 12.5. The van der Waals surface area contributed by atoms with Crippen LogP contribution in [0.4, 0.5) is 11.4 Å². The van der Waals surface area contributed by atoms with Crippen molar-refractivity contribution in [1.29, 1.82) is 0 Å². The number of unbranched alkanes of at least 4 members (excludes halogenated alkanes) is 9. The molecule has 4 aromatic carbocycles. The number of nitrogens with zero attached hydrogens (tertiary/aromatic N) is 4. The Balaban J connectivity index is 1.50. The fraction of sp³-hybridized carbons (Fsp3) is 0.367. The van der Waals surface area contributed by atoms with E-state index in [9.17, 15) is 23.1 Å². The van der Waals surface area contributed by atoms with Crippen molar-refractivity contribution in [2.24, 2.45) is 0 Å². The van der Waals surface area contributed by atoms with Gasteiger partial charge in [0, 0.05) is 18.5 Å². The maximum Gasteiger partial charge on any atom is 0.335 e. The second kappa shape index (κ2) is 24.1. The molecule has 2 aromatic heterocycles. The first-order valence-electron chi connectivity index (χ1n) is 22.8. The quantitative estimate of drug-likeness (QED) is 0.0422. The lowest BCUT2D eigenvalue weighted by Gasteiger charge is -2.24. The van der Waals surface area contributed by atoms with Gasteiger partial charge in [0.1, 0.15) is 17.1 Å². The average molecular weight is 1030 g/mol. The molecule has 1 atom stereocenters.